The zero-order valence-corrected chi connectivity index (χ0v) is 19.3. The number of amides is 1. The van der Waals surface area contributed by atoms with E-state index in [4.69, 9.17) is 21.1 Å². The fraction of sp³-hybridized carbons (Fsp3) is 0.208. The Morgan fingerprint density at radius 3 is 2.42 bits per heavy atom. The number of nitrogens with one attached hydrogen (secondary N) is 2. The van der Waals surface area contributed by atoms with Crippen LogP contribution in [-0.4, -0.2) is 28.2 Å². The van der Waals surface area contributed by atoms with Crippen molar-refractivity contribution < 1.29 is 24.1 Å². The van der Waals surface area contributed by atoms with Crippen molar-refractivity contribution in [3.63, 3.8) is 0 Å². The van der Waals surface area contributed by atoms with Crippen molar-refractivity contribution in [3.05, 3.63) is 71.2 Å². The van der Waals surface area contributed by atoms with Crippen molar-refractivity contribution in [1.29, 1.82) is 0 Å². The van der Waals surface area contributed by atoms with Crippen molar-refractivity contribution in [2.24, 2.45) is 0 Å². The number of halogens is 1. The van der Waals surface area contributed by atoms with Gasteiger partial charge in [0.2, 0.25) is 22.7 Å². The van der Waals surface area contributed by atoms with Crippen LogP contribution in [0.3, 0.4) is 0 Å². The maximum atomic E-state index is 13.2. The number of sulfonamides is 1. The molecule has 172 valence electrons. The lowest BCUT2D eigenvalue weighted by atomic mass is 9.94. The van der Waals surface area contributed by atoms with Gasteiger partial charge in [0, 0.05) is 17.7 Å². The molecule has 1 heterocycles. The average Bonchev–Trinajstić information content (AvgIpc) is 3.51. The zero-order valence-electron chi connectivity index (χ0n) is 17.7. The molecule has 7 nitrogen and oxygen atoms in total. The van der Waals surface area contributed by atoms with Gasteiger partial charge in [-0.25, -0.2) is 13.1 Å². The van der Waals surface area contributed by atoms with Gasteiger partial charge in [0.15, 0.2) is 11.5 Å². The van der Waals surface area contributed by atoms with Crippen molar-refractivity contribution in [2.75, 3.05) is 19.2 Å². The highest BCUT2D eigenvalue weighted by molar-refractivity contribution is 7.89. The summed E-state index contributed by atoms with van der Waals surface area (Å²) in [4.78, 5) is 13.4. The van der Waals surface area contributed by atoms with Crippen LogP contribution in [0.4, 0.5) is 5.69 Å². The predicted octanol–water partition coefficient (Wildman–Crippen LogP) is 4.56. The minimum Gasteiger partial charge on any atom is -0.454 e. The predicted molar refractivity (Wildman–Crippen MR) is 127 cm³/mol. The molecule has 5 rings (SSSR count). The lowest BCUT2D eigenvalue weighted by Gasteiger charge is -2.17. The molecule has 3 aromatic rings. The van der Waals surface area contributed by atoms with E-state index in [0.29, 0.717) is 27.8 Å². The molecule has 9 heteroatoms. The first-order valence-electron chi connectivity index (χ1n) is 10.4. The van der Waals surface area contributed by atoms with Crippen molar-refractivity contribution in [3.8, 4) is 22.6 Å². The third kappa shape index (κ3) is 3.94. The van der Waals surface area contributed by atoms with Crippen molar-refractivity contribution in [1.82, 2.24) is 4.72 Å². The lowest BCUT2D eigenvalue weighted by Crippen LogP contribution is -2.27. The Morgan fingerprint density at radius 2 is 1.73 bits per heavy atom. The summed E-state index contributed by atoms with van der Waals surface area (Å²) in [5, 5.41) is 3.51. The number of hydrogen-bond donors (Lipinski definition) is 2. The molecule has 0 saturated heterocycles. The SMILES string of the molecule is CNS(=O)(=O)c1ccc(-c2cc(NC(=O)C3(c4ccc5c(c4)OCO5)CC3)ccc2Cl)cc1.[HH]. The van der Waals surface area contributed by atoms with Crippen LogP contribution in [0, 0.1) is 0 Å². The van der Waals surface area contributed by atoms with E-state index in [1.165, 1.54) is 19.2 Å². The fourth-order valence-electron chi connectivity index (χ4n) is 3.97. The van der Waals surface area contributed by atoms with E-state index in [1.807, 2.05) is 18.2 Å². The standard InChI is InChI=1S/C24H21ClN2O5S.H2/c1-26-33(29,30)18-6-2-15(3-7-18)19-13-17(5-8-20(19)25)27-23(28)24(10-11-24)16-4-9-21-22(12-16)32-14-31-21;/h2-9,12-13,26H,10-11,14H2,1H3,(H,27,28);1H. The Balaban J connectivity index is 0.00000274. The van der Waals surface area contributed by atoms with Crippen LogP contribution in [0.2, 0.25) is 5.02 Å². The molecule has 0 bridgehead atoms. The number of anilines is 1. The second kappa shape index (κ2) is 8.06. The summed E-state index contributed by atoms with van der Waals surface area (Å²) in [6.07, 6.45) is 1.50. The minimum atomic E-state index is -3.53. The highest BCUT2D eigenvalue weighted by atomic mass is 35.5. The van der Waals surface area contributed by atoms with Crippen molar-refractivity contribution >= 4 is 33.2 Å². The van der Waals surface area contributed by atoms with E-state index in [0.717, 1.165) is 24.0 Å². The summed E-state index contributed by atoms with van der Waals surface area (Å²) in [5.74, 6) is 1.25. The second-order valence-electron chi connectivity index (χ2n) is 8.03. The van der Waals surface area contributed by atoms with Gasteiger partial charge in [-0.15, -0.1) is 0 Å². The maximum absolute atomic E-state index is 13.2. The molecule has 1 saturated carbocycles. The Hall–Kier alpha value is -3.07. The monoisotopic (exact) mass is 486 g/mol. The second-order valence-corrected chi connectivity index (χ2v) is 10.3. The highest BCUT2D eigenvalue weighted by Crippen LogP contribution is 2.51. The summed E-state index contributed by atoms with van der Waals surface area (Å²) in [6, 6.07) is 17.3. The number of hydrogen-bond acceptors (Lipinski definition) is 5. The molecule has 33 heavy (non-hydrogen) atoms. The van der Waals surface area contributed by atoms with Gasteiger partial charge < -0.3 is 14.8 Å². The van der Waals surface area contributed by atoms with E-state index >= 15 is 0 Å². The number of rotatable bonds is 6. The first-order chi connectivity index (χ1) is 15.8. The fourth-order valence-corrected chi connectivity index (χ4v) is 4.93. The summed E-state index contributed by atoms with van der Waals surface area (Å²) < 4.78 is 37.1. The number of fused-ring (bicyclic) bond motifs is 1. The van der Waals surface area contributed by atoms with Gasteiger partial charge in [-0.2, -0.15) is 0 Å². The van der Waals surface area contributed by atoms with Crippen LogP contribution < -0.4 is 19.5 Å². The van der Waals surface area contributed by atoms with Gasteiger partial charge in [-0.3, -0.25) is 4.79 Å². The molecule has 0 radical (unpaired) electrons. The number of ether oxygens (including phenoxy) is 2. The Morgan fingerprint density at radius 1 is 1.00 bits per heavy atom. The Labute approximate surface area is 198 Å². The molecule has 1 aliphatic heterocycles. The molecule has 2 N–H and O–H groups in total. The molecule has 1 amide bonds. The van der Waals surface area contributed by atoms with Gasteiger partial charge in [0.05, 0.1) is 10.3 Å². The molecule has 1 fully saturated rings. The molecule has 0 aromatic heterocycles. The number of carbonyl (C=O) groups excluding carboxylic acids is 1. The van der Waals surface area contributed by atoms with Crippen LogP contribution in [0.5, 0.6) is 11.5 Å². The maximum Gasteiger partial charge on any atom is 0.240 e. The van der Waals surface area contributed by atoms with E-state index in [1.54, 1.807) is 30.3 Å². The van der Waals surface area contributed by atoms with Gasteiger partial charge in [0.1, 0.15) is 0 Å². The summed E-state index contributed by atoms with van der Waals surface area (Å²) >= 11 is 6.41. The van der Waals surface area contributed by atoms with Gasteiger partial charge >= 0.3 is 0 Å². The van der Waals surface area contributed by atoms with Crippen LogP contribution in [0.15, 0.2) is 65.6 Å². The van der Waals surface area contributed by atoms with Gasteiger partial charge in [-0.1, -0.05) is 29.8 Å². The Bertz CT molecular complexity index is 1360. The quantitative estimate of drug-likeness (QED) is 0.532. The largest absolute Gasteiger partial charge is 0.454 e. The summed E-state index contributed by atoms with van der Waals surface area (Å²) in [5.41, 5.74) is 2.35. The van der Waals surface area contributed by atoms with Crippen LogP contribution in [0.1, 0.15) is 19.8 Å². The molecule has 0 atom stereocenters. The topological polar surface area (TPSA) is 93.7 Å². The smallest absolute Gasteiger partial charge is 0.240 e. The molecule has 1 aliphatic carbocycles. The van der Waals surface area contributed by atoms with Gasteiger partial charge in [-0.05, 0) is 73.5 Å². The first kappa shape index (κ1) is 21.8. The normalized spacial score (nSPS) is 15.8. The lowest BCUT2D eigenvalue weighted by molar-refractivity contribution is -0.118. The molecule has 2 aliphatic rings. The van der Waals surface area contributed by atoms with E-state index < -0.39 is 15.4 Å². The van der Waals surface area contributed by atoms with Crippen molar-refractivity contribution in [2.45, 2.75) is 23.2 Å². The van der Waals surface area contributed by atoms with Crippen LogP contribution >= 0.6 is 11.6 Å². The average molecular weight is 487 g/mol. The summed E-state index contributed by atoms with van der Waals surface area (Å²) in [6.45, 7) is 0.188. The van der Waals surface area contributed by atoms with E-state index in [-0.39, 0.29) is 19.0 Å². The molecule has 3 aromatic carbocycles. The summed E-state index contributed by atoms with van der Waals surface area (Å²) in [7, 11) is -2.16. The minimum absolute atomic E-state index is 0. The third-order valence-electron chi connectivity index (χ3n) is 6.08. The van der Waals surface area contributed by atoms with Crippen LogP contribution in [0.25, 0.3) is 11.1 Å². The molecule has 0 spiro atoms. The number of carbonyl (C=O) groups is 1. The van der Waals surface area contributed by atoms with E-state index in [2.05, 4.69) is 10.0 Å². The first-order valence-corrected chi connectivity index (χ1v) is 12.2. The molecular formula is C24H23ClN2O5S. The third-order valence-corrected chi connectivity index (χ3v) is 7.84. The highest BCUT2D eigenvalue weighted by Gasteiger charge is 2.51. The molecular weight excluding hydrogens is 464 g/mol. The van der Waals surface area contributed by atoms with Crippen LogP contribution in [-0.2, 0) is 20.2 Å². The number of benzene rings is 3. The van der Waals surface area contributed by atoms with E-state index in [9.17, 15) is 13.2 Å². The Kier molecular flexibility index (Phi) is 5.31. The molecule has 0 unspecified atom stereocenters. The zero-order chi connectivity index (χ0) is 23.2. The van der Waals surface area contributed by atoms with Gasteiger partial charge in [0.25, 0.3) is 0 Å².